The molecule has 0 aromatic heterocycles. The van der Waals surface area contributed by atoms with Gasteiger partial charge in [0.2, 0.25) is 5.91 Å². The number of ether oxygens (including phenoxy) is 1. The molecule has 2 unspecified atom stereocenters. The van der Waals surface area contributed by atoms with E-state index in [1.165, 1.54) is 392 Å². The van der Waals surface area contributed by atoms with Crippen molar-refractivity contribution in [2.45, 2.75) is 482 Å². The van der Waals surface area contributed by atoms with Gasteiger partial charge in [0.15, 0.2) is 0 Å². The Hall–Kier alpha value is -1.92. The van der Waals surface area contributed by atoms with Crippen LogP contribution >= 0.6 is 0 Å². The highest BCUT2D eigenvalue weighted by atomic mass is 16.5. The minimum absolute atomic E-state index is 0.0181. The van der Waals surface area contributed by atoms with Crippen molar-refractivity contribution in [3.63, 3.8) is 0 Å². The van der Waals surface area contributed by atoms with E-state index < -0.39 is 12.1 Å². The lowest BCUT2D eigenvalue weighted by atomic mass is 10.0. The molecule has 2 atom stereocenters. The van der Waals surface area contributed by atoms with Crippen LogP contribution in [-0.2, 0) is 14.3 Å². The Morgan fingerprint density at radius 2 is 0.549 bits per heavy atom. The zero-order chi connectivity index (χ0) is 65.6. The maximum atomic E-state index is 12.6. The molecule has 0 aliphatic heterocycles. The molecule has 0 radical (unpaired) electrons. The number of hydrogen-bond acceptors (Lipinski definition) is 5. The zero-order valence-electron chi connectivity index (χ0n) is 61.9. The second kappa shape index (κ2) is 80.5. The van der Waals surface area contributed by atoms with Crippen LogP contribution in [0.25, 0.3) is 0 Å². The fraction of sp³-hybridized carbons (Fsp3) is 0.906. The lowest BCUT2D eigenvalue weighted by molar-refractivity contribution is -0.143. The molecule has 0 spiro atoms. The standard InChI is InChI=1S/C85H163NO5/c1-3-5-7-9-11-13-15-17-19-21-23-24-35-38-42-45-49-53-57-61-65-69-73-77-83(88)82(81-87)86-84(89)78-74-70-66-62-58-54-50-46-43-39-36-33-31-29-27-25-26-28-30-32-34-37-40-44-48-52-56-60-64-68-72-76-80-91-85(90)79-75-71-67-63-59-55-51-47-41-22-20-18-16-14-12-10-8-6-4-2/h12,14,18,20,73,77,82-83,87-88H,3-11,13,15-17,19,21-72,74-76,78-81H2,1-2H3,(H,86,89)/b14-12-,20-18-,77-73+. The van der Waals surface area contributed by atoms with Crippen molar-refractivity contribution in [1.29, 1.82) is 0 Å². The summed E-state index contributed by atoms with van der Waals surface area (Å²) in [5.41, 5.74) is 0. The predicted octanol–water partition coefficient (Wildman–Crippen LogP) is 27.8. The third-order valence-electron chi connectivity index (χ3n) is 19.7. The topological polar surface area (TPSA) is 95.9 Å². The summed E-state index contributed by atoms with van der Waals surface area (Å²) < 4.78 is 5.52. The molecule has 6 nitrogen and oxygen atoms in total. The van der Waals surface area contributed by atoms with Crippen molar-refractivity contribution in [2.24, 2.45) is 0 Å². The highest BCUT2D eigenvalue weighted by molar-refractivity contribution is 5.76. The highest BCUT2D eigenvalue weighted by Gasteiger charge is 2.18. The minimum atomic E-state index is -0.843. The van der Waals surface area contributed by atoms with Gasteiger partial charge >= 0.3 is 5.97 Å². The Labute approximate surface area is 570 Å². The van der Waals surface area contributed by atoms with E-state index in [0.29, 0.717) is 19.4 Å². The third kappa shape index (κ3) is 77.0. The average Bonchev–Trinajstić information content (AvgIpc) is 3.66. The summed E-state index contributed by atoms with van der Waals surface area (Å²) in [6, 6.07) is -0.626. The summed E-state index contributed by atoms with van der Waals surface area (Å²) in [7, 11) is 0. The first-order chi connectivity index (χ1) is 45.0. The van der Waals surface area contributed by atoms with Gasteiger partial charge in [0, 0.05) is 12.8 Å². The first-order valence-corrected chi connectivity index (χ1v) is 41.8. The van der Waals surface area contributed by atoms with E-state index >= 15 is 0 Å². The van der Waals surface area contributed by atoms with Crippen molar-refractivity contribution in [1.82, 2.24) is 5.32 Å². The fourth-order valence-corrected chi connectivity index (χ4v) is 13.3. The lowest BCUT2D eigenvalue weighted by Gasteiger charge is -2.20. The van der Waals surface area contributed by atoms with Gasteiger partial charge < -0.3 is 20.3 Å². The fourth-order valence-electron chi connectivity index (χ4n) is 13.3. The number of allylic oxidation sites excluding steroid dienone is 5. The van der Waals surface area contributed by atoms with E-state index in [-0.39, 0.29) is 18.5 Å². The second-order valence-corrected chi connectivity index (χ2v) is 28.8. The zero-order valence-corrected chi connectivity index (χ0v) is 61.9. The number of esters is 1. The van der Waals surface area contributed by atoms with Crippen molar-refractivity contribution >= 4 is 11.9 Å². The molecule has 0 aliphatic rings. The molecule has 6 heteroatoms. The van der Waals surface area contributed by atoms with E-state index in [1.54, 1.807) is 6.08 Å². The minimum Gasteiger partial charge on any atom is -0.466 e. The smallest absolute Gasteiger partial charge is 0.305 e. The normalized spacial score (nSPS) is 12.6. The second-order valence-electron chi connectivity index (χ2n) is 28.8. The molecule has 0 aromatic rings. The van der Waals surface area contributed by atoms with Crippen LogP contribution in [0.1, 0.15) is 470 Å². The third-order valence-corrected chi connectivity index (χ3v) is 19.7. The van der Waals surface area contributed by atoms with Crippen molar-refractivity contribution in [2.75, 3.05) is 13.2 Å². The molecule has 0 fully saturated rings. The van der Waals surface area contributed by atoms with Gasteiger partial charge in [-0.15, -0.1) is 0 Å². The van der Waals surface area contributed by atoms with Crippen molar-refractivity contribution in [3.05, 3.63) is 36.5 Å². The molecule has 0 aliphatic carbocycles. The number of aliphatic hydroxyl groups is 2. The summed E-state index contributed by atoms with van der Waals surface area (Å²) in [4.78, 5) is 24.7. The molecule has 0 saturated carbocycles. The quantitative estimate of drug-likeness (QED) is 0.0320. The SMILES string of the molecule is CCCCC/C=C\C/C=C\CCCCCCCCCCCC(=O)OCCCCCCCCCCCCCCCCCCCCCCCCCCCCCCCCCCC(=O)NC(CO)C(O)/C=C/CCCCCCCCCCCCCCCCCCCCCCC. The van der Waals surface area contributed by atoms with Gasteiger partial charge in [0.25, 0.3) is 0 Å². The van der Waals surface area contributed by atoms with Gasteiger partial charge in [-0.25, -0.2) is 0 Å². The van der Waals surface area contributed by atoms with Crippen LogP contribution in [0.2, 0.25) is 0 Å². The number of rotatable bonds is 79. The summed E-state index contributed by atoms with van der Waals surface area (Å²) in [5.74, 6) is -0.0402. The molecule has 1 amide bonds. The van der Waals surface area contributed by atoms with E-state index in [1.807, 2.05) is 6.08 Å². The van der Waals surface area contributed by atoms with Crippen LogP contribution in [0.15, 0.2) is 36.5 Å². The maximum absolute atomic E-state index is 12.6. The van der Waals surface area contributed by atoms with Crippen molar-refractivity contribution in [3.8, 4) is 0 Å². The van der Waals surface area contributed by atoms with E-state index in [4.69, 9.17) is 4.74 Å². The van der Waals surface area contributed by atoms with Crippen LogP contribution < -0.4 is 5.32 Å². The first kappa shape index (κ1) is 89.1. The Morgan fingerprint density at radius 3 is 0.857 bits per heavy atom. The lowest BCUT2D eigenvalue weighted by Crippen LogP contribution is -2.45. The average molecular weight is 1280 g/mol. The Bertz CT molecular complexity index is 1470. The number of amides is 1. The molecule has 0 rings (SSSR count). The molecule has 0 heterocycles. The Morgan fingerprint density at radius 1 is 0.308 bits per heavy atom. The van der Waals surface area contributed by atoms with E-state index in [2.05, 4.69) is 43.5 Å². The van der Waals surface area contributed by atoms with Crippen molar-refractivity contribution < 1.29 is 24.5 Å². The van der Waals surface area contributed by atoms with Crippen LogP contribution in [0.3, 0.4) is 0 Å². The predicted molar refractivity (Wildman–Crippen MR) is 403 cm³/mol. The van der Waals surface area contributed by atoms with Crippen LogP contribution in [0.4, 0.5) is 0 Å². The molecular weight excluding hydrogens is 1110 g/mol. The Balaban J connectivity index is 3.34. The van der Waals surface area contributed by atoms with E-state index in [0.717, 1.165) is 51.4 Å². The number of unbranched alkanes of at least 4 members (excludes halogenated alkanes) is 64. The maximum Gasteiger partial charge on any atom is 0.305 e. The van der Waals surface area contributed by atoms with Crippen LogP contribution in [0, 0.1) is 0 Å². The molecule has 0 saturated heterocycles. The first-order valence-electron chi connectivity index (χ1n) is 41.8. The monoisotopic (exact) mass is 1280 g/mol. The summed E-state index contributed by atoms with van der Waals surface area (Å²) in [6.07, 6.45) is 106. The van der Waals surface area contributed by atoms with Gasteiger partial charge in [-0.1, -0.05) is 429 Å². The largest absolute Gasteiger partial charge is 0.466 e. The number of carbonyl (C=O) groups is 2. The summed E-state index contributed by atoms with van der Waals surface area (Å²) >= 11 is 0. The summed E-state index contributed by atoms with van der Waals surface area (Å²) in [6.45, 7) is 4.93. The Kier molecular flexibility index (Phi) is 78.8. The molecule has 0 bridgehead atoms. The van der Waals surface area contributed by atoms with Gasteiger partial charge in [-0.05, 0) is 64.2 Å². The van der Waals surface area contributed by atoms with Gasteiger partial charge in [-0.2, -0.15) is 0 Å². The van der Waals surface area contributed by atoms with E-state index in [9.17, 15) is 19.8 Å². The number of aliphatic hydroxyl groups excluding tert-OH is 2. The van der Waals surface area contributed by atoms with Crippen LogP contribution in [0.5, 0.6) is 0 Å². The molecular formula is C85H163NO5. The number of carbonyl (C=O) groups excluding carboxylic acids is 2. The van der Waals surface area contributed by atoms with Gasteiger partial charge in [0.05, 0.1) is 25.4 Å². The highest BCUT2D eigenvalue weighted by Crippen LogP contribution is 2.20. The number of nitrogens with one attached hydrogen (secondary N) is 1. The molecule has 3 N–H and O–H groups in total. The molecule has 538 valence electrons. The summed E-state index contributed by atoms with van der Waals surface area (Å²) in [5, 5.41) is 23.3. The number of hydrogen-bond donors (Lipinski definition) is 3. The molecule has 91 heavy (non-hydrogen) atoms. The van der Waals surface area contributed by atoms with Gasteiger partial charge in [-0.3, -0.25) is 9.59 Å². The van der Waals surface area contributed by atoms with Gasteiger partial charge in [0.1, 0.15) is 0 Å². The van der Waals surface area contributed by atoms with Crippen LogP contribution in [-0.4, -0.2) is 47.4 Å². The molecule has 0 aromatic carbocycles.